The van der Waals surface area contributed by atoms with Crippen LogP contribution in [-0.4, -0.2) is 10.9 Å². The number of halogens is 1. The largest absolute Gasteiger partial charge is 0.366 e. The maximum absolute atomic E-state index is 12.2. The second kappa shape index (κ2) is 7.75. The Hall–Kier alpha value is -2.66. The third-order valence-corrected chi connectivity index (χ3v) is 3.92. The van der Waals surface area contributed by atoms with Crippen LogP contribution in [0.4, 0.5) is 11.5 Å². The Labute approximate surface area is 149 Å². The lowest BCUT2D eigenvalue weighted by atomic mass is 10.2. The fraction of sp³-hybridized carbons (Fsp3) is 0.0526. The van der Waals surface area contributed by atoms with E-state index in [0.29, 0.717) is 17.8 Å². The summed E-state index contributed by atoms with van der Waals surface area (Å²) in [6.07, 6.45) is 1.64. The Morgan fingerprint density at radius 3 is 2.54 bits per heavy atom. The average Bonchev–Trinajstić information content (AvgIpc) is 2.62. The van der Waals surface area contributed by atoms with Crippen LogP contribution in [0, 0.1) is 0 Å². The number of aromatic nitrogens is 1. The van der Waals surface area contributed by atoms with Gasteiger partial charge in [0, 0.05) is 16.6 Å². The summed E-state index contributed by atoms with van der Waals surface area (Å²) in [6.45, 7) is 0.706. The minimum Gasteiger partial charge on any atom is -0.366 e. The SMILES string of the molecule is O=C(Nc1ccc(NCc2ccccc2)nc1)c1cccc(Br)c1. The first-order chi connectivity index (χ1) is 11.7. The molecule has 5 heteroatoms. The Morgan fingerprint density at radius 2 is 1.83 bits per heavy atom. The van der Waals surface area contributed by atoms with Crippen molar-refractivity contribution in [2.75, 3.05) is 10.6 Å². The number of nitrogens with zero attached hydrogens (tertiary/aromatic N) is 1. The first-order valence-electron chi connectivity index (χ1n) is 7.51. The van der Waals surface area contributed by atoms with Crippen molar-refractivity contribution in [3.05, 3.63) is 88.5 Å². The van der Waals surface area contributed by atoms with Crippen molar-refractivity contribution in [3.8, 4) is 0 Å². The molecule has 0 bridgehead atoms. The second-order valence-corrected chi connectivity index (χ2v) is 6.15. The second-order valence-electron chi connectivity index (χ2n) is 5.24. The van der Waals surface area contributed by atoms with Gasteiger partial charge in [0.05, 0.1) is 11.9 Å². The lowest BCUT2D eigenvalue weighted by Crippen LogP contribution is -2.12. The summed E-state index contributed by atoms with van der Waals surface area (Å²) < 4.78 is 0.869. The van der Waals surface area contributed by atoms with Gasteiger partial charge in [-0.05, 0) is 35.9 Å². The molecule has 0 aliphatic carbocycles. The number of hydrogen-bond acceptors (Lipinski definition) is 3. The highest BCUT2D eigenvalue weighted by atomic mass is 79.9. The molecule has 1 aromatic heterocycles. The van der Waals surface area contributed by atoms with Gasteiger partial charge >= 0.3 is 0 Å². The van der Waals surface area contributed by atoms with Crippen molar-refractivity contribution in [2.45, 2.75) is 6.54 Å². The molecule has 0 atom stereocenters. The Morgan fingerprint density at radius 1 is 1.00 bits per heavy atom. The molecule has 1 amide bonds. The zero-order chi connectivity index (χ0) is 16.8. The number of pyridine rings is 1. The maximum atomic E-state index is 12.2. The monoisotopic (exact) mass is 381 g/mol. The molecule has 3 aromatic rings. The van der Waals surface area contributed by atoms with E-state index in [1.807, 2.05) is 42.5 Å². The molecule has 120 valence electrons. The molecule has 0 aliphatic heterocycles. The molecule has 0 unspecified atom stereocenters. The van der Waals surface area contributed by atoms with E-state index in [0.717, 1.165) is 10.3 Å². The van der Waals surface area contributed by atoms with E-state index < -0.39 is 0 Å². The van der Waals surface area contributed by atoms with Gasteiger partial charge in [-0.1, -0.05) is 52.3 Å². The highest BCUT2D eigenvalue weighted by molar-refractivity contribution is 9.10. The molecule has 0 aliphatic rings. The first kappa shape index (κ1) is 16.2. The summed E-state index contributed by atoms with van der Waals surface area (Å²) >= 11 is 3.36. The van der Waals surface area contributed by atoms with Gasteiger partial charge in [-0.25, -0.2) is 4.98 Å². The van der Waals surface area contributed by atoms with E-state index in [2.05, 4.69) is 43.7 Å². The Balaban J connectivity index is 1.59. The predicted molar refractivity (Wildman–Crippen MR) is 100 cm³/mol. The molecule has 0 saturated heterocycles. The molecule has 2 aromatic carbocycles. The number of hydrogen-bond donors (Lipinski definition) is 2. The van der Waals surface area contributed by atoms with Gasteiger partial charge in [0.25, 0.3) is 5.91 Å². The summed E-state index contributed by atoms with van der Waals surface area (Å²) in [6, 6.07) is 21.0. The molecular weight excluding hydrogens is 366 g/mol. The summed E-state index contributed by atoms with van der Waals surface area (Å²) in [5.74, 6) is 0.599. The molecule has 2 N–H and O–H groups in total. The summed E-state index contributed by atoms with van der Waals surface area (Å²) in [4.78, 5) is 16.5. The molecule has 0 fully saturated rings. The molecule has 24 heavy (non-hydrogen) atoms. The molecule has 4 nitrogen and oxygen atoms in total. The zero-order valence-corrected chi connectivity index (χ0v) is 14.5. The number of rotatable bonds is 5. The molecule has 3 rings (SSSR count). The van der Waals surface area contributed by atoms with Crippen molar-refractivity contribution < 1.29 is 4.79 Å². The zero-order valence-electron chi connectivity index (χ0n) is 12.9. The van der Waals surface area contributed by atoms with Crippen molar-refractivity contribution >= 4 is 33.3 Å². The topological polar surface area (TPSA) is 54.0 Å². The van der Waals surface area contributed by atoms with Crippen LogP contribution < -0.4 is 10.6 Å². The van der Waals surface area contributed by atoms with Crippen LogP contribution in [0.1, 0.15) is 15.9 Å². The minimum absolute atomic E-state index is 0.164. The van der Waals surface area contributed by atoms with Gasteiger partial charge in [0.2, 0.25) is 0 Å². The van der Waals surface area contributed by atoms with Crippen molar-refractivity contribution in [1.29, 1.82) is 0 Å². The van der Waals surface area contributed by atoms with Crippen LogP contribution in [-0.2, 0) is 6.54 Å². The van der Waals surface area contributed by atoms with E-state index in [4.69, 9.17) is 0 Å². The van der Waals surface area contributed by atoms with Gasteiger partial charge in [-0.15, -0.1) is 0 Å². The van der Waals surface area contributed by atoms with Crippen LogP contribution in [0.3, 0.4) is 0 Å². The normalized spacial score (nSPS) is 10.2. The standard InChI is InChI=1S/C19H16BrN3O/c20-16-8-4-7-15(11-16)19(24)23-17-9-10-18(22-13-17)21-12-14-5-2-1-3-6-14/h1-11,13H,12H2,(H,21,22)(H,23,24). The van der Waals surface area contributed by atoms with Crippen molar-refractivity contribution in [3.63, 3.8) is 0 Å². The number of carbonyl (C=O) groups is 1. The van der Waals surface area contributed by atoms with Gasteiger partial charge in [0.15, 0.2) is 0 Å². The lowest BCUT2D eigenvalue weighted by Gasteiger charge is -2.08. The quantitative estimate of drug-likeness (QED) is 0.672. The lowest BCUT2D eigenvalue weighted by molar-refractivity contribution is 0.102. The van der Waals surface area contributed by atoms with Gasteiger partial charge < -0.3 is 10.6 Å². The van der Waals surface area contributed by atoms with Crippen LogP contribution >= 0.6 is 15.9 Å². The smallest absolute Gasteiger partial charge is 0.255 e. The van der Waals surface area contributed by atoms with Gasteiger partial charge in [-0.3, -0.25) is 4.79 Å². The Kier molecular flexibility index (Phi) is 5.23. The van der Waals surface area contributed by atoms with Crippen LogP contribution in [0.15, 0.2) is 77.4 Å². The number of benzene rings is 2. The fourth-order valence-corrected chi connectivity index (χ4v) is 2.59. The van der Waals surface area contributed by atoms with E-state index >= 15 is 0 Å². The summed E-state index contributed by atoms with van der Waals surface area (Å²) in [5, 5.41) is 6.09. The minimum atomic E-state index is -0.164. The number of amides is 1. The van der Waals surface area contributed by atoms with E-state index in [1.54, 1.807) is 18.3 Å². The average molecular weight is 382 g/mol. The number of nitrogens with one attached hydrogen (secondary N) is 2. The molecule has 0 spiro atoms. The van der Waals surface area contributed by atoms with Crippen LogP contribution in [0.2, 0.25) is 0 Å². The number of anilines is 2. The predicted octanol–water partition coefficient (Wildman–Crippen LogP) is 4.71. The molecule has 0 saturated carbocycles. The third kappa shape index (κ3) is 4.43. The van der Waals surface area contributed by atoms with Crippen LogP contribution in [0.25, 0.3) is 0 Å². The Bertz CT molecular complexity index is 820. The molecular formula is C19H16BrN3O. The van der Waals surface area contributed by atoms with Crippen molar-refractivity contribution in [2.24, 2.45) is 0 Å². The van der Waals surface area contributed by atoms with Gasteiger partial charge in [0.1, 0.15) is 5.82 Å². The van der Waals surface area contributed by atoms with Crippen molar-refractivity contribution in [1.82, 2.24) is 4.98 Å². The van der Waals surface area contributed by atoms with E-state index in [1.165, 1.54) is 5.56 Å². The maximum Gasteiger partial charge on any atom is 0.255 e. The number of carbonyl (C=O) groups excluding carboxylic acids is 1. The third-order valence-electron chi connectivity index (χ3n) is 3.42. The van der Waals surface area contributed by atoms with E-state index in [9.17, 15) is 4.79 Å². The molecule has 1 heterocycles. The van der Waals surface area contributed by atoms with Gasteiger partial charge in [-0.2, -0.15) is 0 Å². The van der Waals surface area contributed by atoms with E-state index in [-0.39, 0.29) is 5.91 Å². The first-order valence-corrected chi connectivity index (χ1v) is 8.31. The summed E-state index contributed by atoms with van der Waals surface area (Å²) in [7, 11) is 0. The molecule has 0 radical (unpaired) electrons. The van der Waals surface area contributed by atoms with Crippen LogP contribution in [0.5, 0.6) is 0 Å². The highest BCUT2D eigenvalue weighted by Gasteiger charge is 2.06. The highest BCUT2D eigenvalue weighted by Crippen LogP contribution is 2.15. The summed E-state index contributed by atoms with van der Waals surface area (Å²) in [5.41, 5.74) is 2.44. The fourth-order valence-electron chi connectivity index (χ4n) is 2.19.